The van der Waals surface area contributed by atoms with Gasteiger partial charge in [0.15, 0.2) is 0 Å². The minimum absolute atomic E-state index is 0.700. The number of likely N-dealkylation sites (N-methyl/N-ethyl adjacent to an activating group) is 2. The molecule has 4 rings (SSSR count). The average Bonchev–Trinajstić information content (AvgIpc) is 2.76. The van der Waals surface area contributed by atoms with Gasteiger partial charge in [-0.05, 0) is 55.6 Å². The molecule has 0 aliphatic rings. The molecule has 2 heterocycles. The van der Waals surface area contributed by atoms with E-state index >= 15 is 0 Å². The van der Waals surface area contributed by atoms with Crippen LogP contribution >= 0.6 is 23.2 Å². The van der Waals surface area contributed by atoms with E-state index in [0.29, 0.717) is 10.0 Å². The maximum absolute atomic E-state index is 6.11. The summed E-state index contributed by atoms with van der Waals surface area (Å²) in [4.78, 5) is 13.4. The summed E-state index contributed by atoms with van der Waals surface area (Å²) in [6, 6.07) is 15.7. The van der Waals surface area contributed by atoms with Crippen molar-refractivity contribution in [1.29, 1.82) is 0 Å². The van der Waals surface area contributed by atoms with Crippen molar-refractivity contribution in [2.24, 2.45) is 0 Å². The smallest absolute Gasteiger partial charge is 0.0737 e. The average molecular weight is 454 g/mol. The molecule has 2 aromatic heterocycles. The van der Waals surface area contributed by atoms with Crippen LogP contribution in [0, 0.1) is 0 Å². The second-order valence-electron chi connectivity index (χ2n) is 7.66. The Labute approximate surface area is 192 Å². The molecule has 31 heavy (non-hydrogen) atoms. The zero-order valence-corrected chi connectivity index (χ0v) is 19.2. The molecule has 0 aliphatic heterocycles. The van der Waals surface area contributed by atoms with Crippen LogP contribution in [0.1, 0.15) is 0 Å². The van der Waals surface area contributed by atoms with Gasteiger partial charge in [0.05, 0.1) is 11.0 Å². The van der Waals surface area contributed by atoms with Gasteiger partial charge in [0.25, 0.3) is 0 Å². The van der Waals surface area contributed by atoms with Gasteiger partial charge in [-0.3, -0.25) is 9.97 Å². The van der Waals surface area contributed by atoms with E-state index in [-0.39, 0.29) is 0 Å². The van der Waals surface area contributed by atoms with Crippen LogP contribution in [0.5, 0.6) is 0 Å². The van der Waals surface area contributed by atoms with Gasteiger partial charge in [0, 0.05) is 77.8 Å². The predicted octanol–water partition coefficient (Wildman–Crippen LogP) is 5.57. The van der Waals surface area contributed by atoms with Crippen LogP contribution in [0.3, 0.4) is 0 Å². The lowest BCUT2D eigenvalue weighted by molar-refractivity contribution is 0.355. The number of anilines is 2. The number of benzene rings is 2. The van der Waals surface area contributed by atoms with Crippen LogP contribution < -0.4 is 10.2 Å². The Morgan fingerprint density at radius 1 is 0.774 bits per heavy atom. The second-order valence-corrected chi connectivity index (χ2v) is 8.54. The summed E-state index contributed by atoms with van der Waals surface area (Å²) in [5.41, 5.74) is 4.06. The molecule has 7 heteroatoms. The standard InChI is InChI=1S/C24H25Cl2N5/c1-30(12-11-29-21-7-9-27-22-15-17(25)3-5-19(21)22)13-14-31(2)24-8-10-28-23-16-18(26)4-6-20(23)24/h3-10,15-16H,11-14H2,1-2H3,(H,27,29). The number of fused-ring (bicyclic) bond motifs is 2. The molecule has 5 nitrogen and oxygen atoms in total. The van der Waals surface area contributed by atoms with Crippen molar-refractivity contribution in [1.82, 2.24) is 14.9 Å². The topological polar surface area (TPSA) is 44.3 Å². The molecule has 0 radical (unpaired) electrons. The van der Waals surface area contributed by atoms with E-state index in [4.69, 9.17) is 23.2 Å². The molecule has 0 unspecified atom stereocenters. The lowest BCUT2D eigenvalue weighted by atomic mass is 10.1. The first-order valence-electron chi connectivity index (χ1n) is 10.2. The number of nitrogens with zero attached hydrogens (tertiary/aromatic N) is 4. The van der Waals surface area contributed by atoms with Crippen LogP contribution in [0.25, 0.3) is 21.8 Å². The normalized spacial score (nSPS) is 11.4. The molecular formula is C24H25Cl2N5. The van der Waals surface area contributed by atoms with Crippen molar-refractivity contribution in [3.63, 3.8) is 0 Å². The molecule has 0 atom stereocenters. The van der Waals surface area contributed by atoms with Gasteiger partial charge in [0.2, 0.25) is 0 Å². The van der Waals surface area contributed by atoms with Crippen molar-refractivity contribution in [2.45, 2.75) is 0 Å². The minimum atomic E-state index is 0.700. The highest BCUT2D eigenvalue weighted by molar-refractivity contribution is 6.31. The Balaban J connectivity index is 1.31. The Hall–Kier alpha value is -2.60. The predicted molar refractivity (Wildman–Crippen MR) is 133 cm³/mol. The van der Waals surface area contributed by atoms with Crippen molar-refractivity contribution in [2.75, 3.05) is 50.5 Å². The summed E-state index contributed by atoms with van der Waals surface area (Å²) < 4.78 is 0. The molecule has 2 aromatic carbocycles. The Morgan fingerprint density at radius 3 is 2.16 bits per heavy atom. The molecule has 0 saturated heterocycles. The van der Waals surface area contributed by atoms with Gasteiger partial charge in [-0.1, -0.05) is 23.2 Å². The number of hydrogen-bond acceptors (Lipinski definition) is 5. The molecule has 0 amide bonds. The number of aromatic nitrogens is 2. The summed E-state index contributed by atoms with van der Waals surface area (Å²) in [5.74, 6) is 0. The Morgan fingerprint density at radius 2 is 1.42 bits per heavy atom. The Bertz CT molecular complexity index is 1200. The summed E-state index contributed by atoms with van der Waals surface area (Å²) in [5, 5.41) is 7.13. The van der Waals surface area contributed by atoms with E-state index in [1.54, 1.807) is 0 Å². The second kappa shape index (κ2) is 9.69. The lowest BCUT2D eigenvalue weighted by Gasteiger charge is -2.25. The fourth-order valence-corrected chi connectivity index (χ4v) is 3.98. The first-order chi connectivity index (χ1) is 15.0. The Kier molecular flexibility index (Phi) is 6.76. The molecule has 0 aliphatic carbocycles. The monoisotopic (exact) mass is 453 g/mol. The summed E-state index contributed by atoms with van der Waals surface area (Å²) in [6.07, 6.45) is 3.65. The van der Waals surface area contributed by atoms with Crippen molar-refractivity contribution < 1.29 is 0 Å². The SMILES string of the molecule is CN(CCNc1ccnc2cc(Cl)ccc12)CCN(C)c1ccnc2cc(Cl)ccc12. The van der Waals surface area contributed by atoms with E-state index < -0.39 is 0 Å². The van der Waals surface area contributed by atoms with E-state index in [1.165, 1.54) is 0 Å². The zero-order chi connectivity index (χ0) is 21.8. The molecule has 0 saturated carbocycles. The number of halogens is 2. The number of nitrogens with one attached hydrogen (secondary N) is 1. The maximum atomic E-state index is 6.11. The molecule has 0 bridgehead atoms. The quantitative estimate of drug-likeness (QED) is 0.377. The van der Waals surface area contributed by atoms with Crippen molar-refractivity contribution >= 4 is 56.4 Å². The third-order valence-corrected chi connectivity index (χ3v) is 5.89. The molecule has 0 fully saturated rings. The van der Waals surface area contributed by atoms with Crippen LogP contribution in [0.15, 0.2) is 60.9 Å². The number of hydrogen-bond donors (Lipinski definition) is 1. The maximum Gasteiger partial charge on any atom is 0.0737 e. The first kappa shape index (κ1) is 21.6. The third-order valence-electron chi connectivity index (χ3n) is 5.42. The van der Waals surface area contributed by atoms with E-state index in [2.05, 4.69) is 45.2 Å². The third kappa shape index (κ3) is 5.18. The highest BCUT2D eigenvalue weighted by atomic mass is 35.5. The van der Waals surface area contributed by atoms with Gasteiger partial charge in [0.1, 0.15) is 0 Å². The van der Waals surface area contributed by atoms with Gasteiger partial charge >= 0.3 is 0 Å². The fraction of sp³-hybridized carbons (Fsp3) is 0.250. The molecule has 160 valence electrons. The number of rotatable bonds is 8. The molecule has 0 spiro atoms. The first-order valence-corrected chi connectivity index (χ1v) is 11.0. The zero-order valence-electron chi connectivity index (χ0n) is 17.6. The molecule has 4 aromatic rings. The van der Waals surface area contributed by atoms with Crippen LogP contribution in [0.2, 0.25) is 10.0 Å². The summed E-state index contributed by atoms with van der Waals surface area (Å²) in [7, 11) is 4.26. The number of pyridine rings is 2. The van der Waals surface area contributed by atoms with Gasteiger partial charge in [-0.25, -0.2) is 0 Å². The van der Waals surface area contributed by atoms with Gasteiger partial charge in [-0.2, -0.15) is 0 Å². The molecule has 1 N–H and O–H groups in total. The van der Waals surface area contributed by atoms with E-state index in [9.17, 15) is 0 Å². The van der Waals surface area contributed by atoms with E-state index in [0.717, 1.165) is 59.4 Å². The minimum Gasteiger partial charge on any atom is -0.383 e. The van der Waals surface area contributed by atoms with Crippen LogP contribution in [-0.4, -0.2) is 55.1 Å². The highest BCUT2D eigenvalue weighted by Crippen LogP contribution is 2.27. The van der Waals surface area contributed by atoms with Crippen LogP contribution in [-0.2, 0) is 0 Å². The lowest BCUT2D eigenvalue weighted by Crippen LogP contribution is -2.33. The fourth-order valence-electron chi connectivity index (χ4n) is 3.65. The van der Waals surface area contributed by atoms with Crippen LogP contribution in [0.4, 0.5) is 11.4 Å². The van der Waals surface area contributed by atoms with Crippen molar-refractivity contribution in [3.8, 4) is 0 Å². The largest absolute Gasteiger partial charge is 0.383 e. The van der Waals surface area contributed by atoms with Crippen molar-refractivity contribution in [3.05, 3.63) is 71.0 Å². The highest BCUT2D eigenvalue weighted by Gasteiger charge is 2.09. The summed E-state index contributed by atoms with van der Waals surface area (Å²) in [6.45, 7) is 3.63. The molecular weight excluding hydrogens is 429 g/mol. The van der Waals surface area contributed by atoms with Gasteiger partial charge in [-0.15, -0.1) is 0 Å². The van der Waals surface area contributed by atoms with Gasteiger partial charge < -0.3 is 15.1 Å². The van der Waals surface area contributed by atoms with E-state index in [1.807, 2.05) is 54.9 Å². The summed E-state index contributed by atoms with van der Waals surface area (Å²) >= 11 is 12.2.